The number of aryl methyl sites for hydroxylation is 2. The van der Waals surface area contributed by atoms with Crippen LogP contribution >= 0.6 is 0 Å². The van der Waals surface area contributed by atoms with Crippen LogP contribution in [0.3, 0.4) is 0 Å². The van der Waals surface area contributed by atoms with Crippen LogP contribution in [-0.2, 0) is 0 Å². The maximum atomic E-state index is 11.8. The Morgan fingerprint density at radius 3 is 2.00 bits per heavy atom. The summed E-state index contributed by atoms with van der Waals surface area (Å²) in [5.41, 5.74) is 2.44. The quantitative estimate of drug-likeness (QED) is 0.731. The van der Waals surface area contributed by atoms with E-state index in [1.165, 1.54) is 0 Å². The highest BCUT2D eigenvalue weighted by Gasteiger charge is 2.15. The predicted molar refractivity (Wildman–Crippen MR) is 56.7 cm³/mol. The lowest BCUT2D eigenvalue weighted by molar-refractivity contribution is 0.0938. The molecule has 0 saturated carbocycles. The normalized spacial score (nSPS) is 10.6. The lowest BCUT2D eigenvalue weighted by Crippen LogP contribution is -2.11. The van der Waals surface area contributed by atoms with Crippen LogP contribution in [0, 0.1) is 19.8 Å². The molecule has 1 rings (SSSR count). The van der Waals surface area contributed by atoms with Crippen LogP contribution < -0.4 is 0 Å². The highest BCUT2D eigenvalue weighted by Crippen LogP contribution is 2.23. The molecule has 0 bridgehead atoms. The van der Waals surface area contributed by atoms with E-state index in [1.807, 2.05) is 27.7 Å². The van der Waals surface area contributed by atoms with E-state index >= 15 is 0 Å². The van der Waals surface area contributed by atoms with Crippen molar-refractivity contribution in [1.29, 1.82) is 0 Å². The fourth-order valence-electron chi connectivity index (χ4n) is 1.62. The molecular formula is C12H16O2. The minimum absolute atomic E-state index is 0.00283. The van der Waals surface area contributed by atoms with Gasteiger partial charge in [0.1, 0.15) is 5.75 Å². The Labute approximate surface area is 84.6 Å². The van der Waals surface area contributed by atoms with Crippen molar-refractivity contribution in [3.05, 3.63) is 28.8 Å². The number of rotatable bonds is 2. The van der Waals surface area contributed by atoms with Crippen molar-refractivity contribution in [3.63, 3.8) is 0 Å². The molecule has 0 amide bonds. The second kappa shape index (κ2) is 3.82. The SMILES string of the molecule is Cc1cc(O)cc(C)c1C(=O)C(C)C. The van der Waals surface area contributed by atoms with Crippen molar-refractivity contribution in [1.82, 2.24) is 0 Å². The lowest BCUT2D eigenvalue weighted by atomic mass is 9.93. The van der Waals surface area contributed by atoms with Crippen molar-refractivity contribution in [2.75, 3.05) is 0 Å². The minimum atomic E-state index is -0.00283. The zero-order valence-corrected chi connectivity index (χ0v) is 9.09. The van der Waals surface area contributed by atoms with E-state index in [0.29, 0.717) is 0 Å². The zero-order chi connectivity index (χ0) is 10.9. The van der Waals surface area contributed by atoms with E-state index in [2.05, 4.69) is 0 Å². The molecule has 0 unspecified atom stereocenters. The van der Waals surface area contributed by atoms with Crippen LogP contribution in [0.15, 0.2) is 12.1 Å². The molecule has 2 heteroatoms. The van der Waals surface area contributed by atoms with E-state index in [4.69, 9.17) is 0 Å². The zero-order valence-electron chi connectivity index (χ0n) is 9.09. The number of hydrogen-bond donors (Lipinski definition) is 1. The topological polar surface area (TPSA) is 37.3 Å². The van der Waals surface area contributed by atoms with Crippen molar-refractivity contribution in [2.24, 2.45) is 5.92 Å². The Kier molecular flexibility index (Phi) is 2.94. The lowest BCUT2D eigenvalue weighted by Gasteiger charge is -2.11. The van der Waals surface area contributed by atoms with E-state index < -0.39 is 0 Å². The molecule has 14 heavy (non-hydrogen) atoms. The van der Waals surface area contributed by atoms with E-state index in [-0.39, 0.29) is 17.5 Å². The number of benzene rings is 1. The van der Waals surface area contributed by atoms with Gasteiger partial charge in [-0.05, 0) is 37.1 Å². The fourth-order valence-corrected chi connectivity index (χ4v) is 1.62. The Morgan fingerprint density at radius 2 is 1.64 bits per heavy atom. The van der Waals surface area contributed by atoms with Crippen molar-refractivity contribution in [2.45, 2.75) is 27.7 Å². The van der Waals surface area contributed by atoms with Crippen LogP contribution in [0.25, 0.3) is 0 Å². The Morgan fingerprint density at radius 1 is 1.21 bits per heavy atom. The molecule has 76 valence electrons. The molecule has 0 aliphatic heterocycles. The van der Waals surface area contributed by atoms with E-state index in [1.54, 1.807) is 12.1 Å². The molecule has 2 nitrogen and oxygen atoms in total. The van der Waals surface area contributed by atoms with Gasteiger partial charge in [0, 0.05) is 11.5 Å². The maximum Gasteiger partial charge on any atom is 0.165 e. The summed E-state index contributed by atoms with van der Waals surface area (Å²) >= 11 is 0. The molecule has 1 N–H and O–H groups in total. The summed E-state index contributed by atoms with van der Waals surface area (Å²) < 4.78 is 0. The summed E-state index contributed by atoms with van der Waals surface area (Å²) in [5.74, 6) is 0.359. The van der Waals surface area contributed by atoms with Crippen molar-refractivity contribution < 1.29 is 9.90 Å². The second-order valence-electron chi connectivity index (χ2n) is 3.97. The van der Waals surface area contributed by atoms with Crippen LogP contribution in [0.2, 0.25) is 0 Å². The van der Waals surface area contributed by atoms with Gasteiger partial charge in [-0.3, -0.25) is 4.79 Å². The first-order chi connectivity index (χ1) is 6.43. The van der Waals surface area contributed by atoms with Crippen LogP contribution in [0.1, 0.15) is 35.3 Å². The average molecular weight is 192 g/mol. The summed E-state index contributed by atoms with van der Waals surface area (Å²) in [6, 6.07) is 3.26. The first-order valence-electron chi connectivity index (χ1n) is 4.78. The van der Waals surface area contributed by atoms with Gasteiger partial charge in [-0.15, -0.1) is 0 Å². The number of carbonyl (C=O) groups is 1. The summed E-state index contributed by atoms with van der Waals surface area (Å²) in [5, 5.41) is 9.33. The number of phenolic OH excluding ortho intramolecular Hbond substituents is 1. The van der Waals surface area contributed by atoms with Gasteiger partial charge in [0.05, 0.1) is 0 Å². The number of Topliss-reactive ketones (excluding diaryl/α,β-unsaturated/α-hetero) is 1. The molecule has 0 atom stereocenters. The molecule has 0 saturated heterocycles. The van der Waals surface area contributed by atoms with E-state index in [0.717, 1.165) is 16.7 Å². The number of hydrogen-bond acceptors (Lipinski definition) is 2. The van der Waals surface area contributed by atoms with E-state index in [9.17, 15) is 9.90 Å². The third-order valence-corrected chi connectivity index (χ3v) is 2.29. The van der Waals surface area contributed by atoms with Gasteiger partial charge in [-0.2, -0.15) is 0 Å². The minimum Gasteiger partial charge on any atom is -0.508 e. The standard InChI is InChI=1S/C12H16O2/c1-7(2)12(14)11-8(3)5-10(13)6-9(11)4/h5-7,13H,1-4H3. The largest absolute Gasteiger partial charge is 0.508 e. The number of aromatic hydroxyl groups is 1. The molecule has 0 heterocycles. The summed E-state index contributed by atoms with van der Waals surface area (Å²) in [4.78, 5) is 11.8. The Balaban J connectivity index is 3.28. The Bertz CT molecular complexity index is 342. The van der Waals surface area contributed by atoms with Gasteiger partial charge >= 0.3 is 0 Å². The monoisotopic (exact) mass is 192 g/mol. The molecule has 1 aromatic rings. The van der Waals surface area contributed by atoms with Crippen LogP contribution in [-0.4, -0.2) is 10.9 Å². The molecule has 0 radical (unpaired) electrons. The number of phenols is 1. The number of ketones is 1. The predicted octanol–water partition coefficient (Wildman–Crippen LogP) is 2.85. The van der Waals surface area contributed by atoms with Gasteiger partial charge in [-0.25, -0.2) is 0 Å². The molecule has 0 aliphatic rings. The van der Waals surface area contributed by atoms with Crippen molar-refractivity contribution in [3.8, 4) is 5.75 Å². The highest BCUT2D eigenvalue weighted by molar-refractivity contribution is 6.00. The summed E-state index contributed by atoms with van der Waals surface area (Å²) in [6.45, 7) is 7.47. The van der Waals surface area contributed by atoms with Gasteiger partial charge in [0.15, 0.2) is 5.78 Å². The van der Waals surface area contributed by atoms with Gasteiger partial charge in [0.2, 0.25) is 0 Å². The van der Waals surface area contributed by atoms with Gasteiger partial charge < -0.3 is 5.11 Å². The first-order valence-corrected chi connectivity index (χ1v) is 4.78. The highest BCUT2D eigenvalue weighted by atomic mass is 16.3. The summed E-state index contributed by atoms with van der Waals surface area (Å²) in [7, 11) is 0. The summed E-state index contributed by atoms with van der Waals surface area (Å²) in [6.07, 6.45) is 0. The van der Waals surface area contributed by atoms with Crippen molar-refractivity contribution >= 4 is 5.78 Å². The third kappa shape index (κ3) is 1.95. The van der Waals surface area contributed by atoms with Crippen LogP contribution in [0.4, 0.5) is 0 Å². The molecule has 0 fully saturated rings. The second-order valence-corrected chi connectivity index (χ2v) is 3.97. The number of carbonyl (C=O) groups excluding carboxylic acids is 1. The fraction of sp³-hybridized carbons (Fsp3) is 0.417. The maximum absolute atomic E-state index is 11.8. The Hall–Kier alpha value is -1.31. The van der Waals surface area contributed by atoms with Crippen LogP contribution in [0.5, 0.6) is 5.75 Å². The third-order valence-electron chi connectivity index (χ3n) is 2.29. The molecule has 0 aromatic heterocycles. The average Bonchev–Trinajstić information content (AvgIpc) is 2.01. The first kappa shape index (κ1) is 10.8. The molecule has 0 aliphatic carbocycles. The smallest absolute Gasteiger partial charge is 0.165 e. The van der Waals surface area contributed by atoms with Gasteiger partial charge in [-0.1, -0.05) is 13.8 Å². The molecule has 0 spiro atoms. The molecule has 1 aromatic carbocycles. The van der Waals surface area contributed by atoms with Gasteiger partial charge in [0.25, 0.3) is 0 Å². The molecular weight excluding hydrogens is 176 g/mol.